The van der Waals surface area contributed by atoms with Gasteiger partial charge >= 0.3 is 0 Å². The Morgan fingerprint density at radius 3 is 2.71 bits per heavy atom. The van der Waals surface area contributed by atoms with Crippen LogP contribution in [0.5, 0.6) is 0 Å². The van der Waals surface area contributed by atoms with Gasteiger partial charge in [-0.1, -0.05) is 19.9 Å². The predicted molar refractivity (Wildman–Crippen MR) is 69.6 cm³/mol. The zero-order valence-corrected chi connectivity index (χ0v) is 11.2. The molecule has 5 atom stereocenters. The molecule has 17 heavy (non-hydrogen) atoms. The van der Waals surface area contributed by atoms with Gasteiger partial charge in [0.1, 0.15) is 0 Å². The van der Waals surface area contributed by atoms with Crippen molar-refractivity contribution in [2.75, 3.05) is 6.61 Å². The summed E-state index contributed by atoms with van der Waals surface area (Å²) in [4.78, 5) is 0. The summed E-state index contributed by atoms with van der Waals surface area (Å²) in [5.74, 6) is 2.18. The second kappa shape index (κ2) is 4.74. The second-order valence-electron chi connectivity index (χ2n) is 6.47. The van der Waals surface area contributed by atoms with E-state index in [1.54, 1.807) is 0 Å². The normalized spacial score (nSPS) is 46.4. The average Bonchev–Trinajstić information content (AvgIpc) is 2.58. The molecule has 2 fully saturated rings. The Morgan fingerprint density at radius 2 is 2.06 bits per heavy atom. The lowest BCUT2D eigenvalue weighted by molar-refractivity contribution is -0.0208. The molecule has 2 aliphatic rings. The van der Waals surface area contributed by atoms with Crippen LogP contribution in [0.1, 0.15) is 46.0 Å². The number of hydrogen-bond donors (Lipinski definition) is 2. The van der Waals surface area contributed by atoms with Gasteiger partial charge in [0.25, 0.3) is 0 Å². The number of rotatable bonds is 2. The van der Waals surface area contributed by atoms with Crippen LogP contribution in [0.15, 0.2) is 12.2 Å². The van der Waals surface area contributed by atoms with Gasteiger partial charge in [-0.2, -0.15) is 0 Å². The Bertz CT molecular complexity index is 295. The van der Waals surface area contributed by atoms with Gasteiger partial charge in [-0.25, -0.2) is 0 Å². The Kier molecular flexibility index (Phi) is 3.65. The molecule has 0 heterocycles. The molecular formula is C15H26O2. The van der Waals surface area contributed by atoms with Crippen LogP contribution in [0.25, 0.3) is 0 Å². The maximum absolute atomic E-state index is 10.6. The molecule has 0 unspecified atom stereocenters. The third kappa shape index (κ3) is 2.43. The van der Waals surface area contributed by atoms with Crippen LogP contribution < -0.4 is 0 Å². The smallest absolute Gasteiger partial charge is 0.0650 e. The fraction of sp³-hybridized carbons (Fsp3) is 0.867. The highest BCUT2D eigenvalue weighted by molar-refractivity contribution is 5.06. The molecule has 2 saturated carbocycles. The molecule has 2 rings (SSSR count). The molecule has 2 N–H and O–H groups in total. The lowest BCUT2D eigenvalue weighted by atomic mass is 9.77. The summed E-state index contributed by atoms with van der Waals surface area (Å²) in [5, 5.41) is 19.9. The Hall–Kier alpha value is -0.340. The first-order chi connectivity index (χ1) is 7.95. The fourth-order valence-electron chi connectivity index (χ4n) is 4.03. The SMILES string of the molecule is C=C(CO)[C@H]1CC[C@@](C)(O)[C@H]2CC[C@@H](C)[C@H]2C1. The Labute approximate surface area is 105 Å². The molecule has 2 heteroatoms. The van der Waals surface area contributed by atoms with Crippen molar-refractivity contribution in [3.05, 3.63) is 12.2 Å². The van der Waals surface area contributed by atoms with E-state index >= 15 is 0 Å². The lowest BCUT2D eigenvalue weighted by Crippen LogP contribution is -2.36. The van der Waals surface area contributed by atoms with E-state index < -0.39 is 5.60 Å². The van der Waals surface area contributed by atoms with Crippen LogP contribution in [0.4, 0.5) is 0 Å². The van der Waals surface area contributed by atoms with Crippen LogP contribution in [0.3, 0.4) is 0 Å². The minimum atomic E-state index is -0.514. The quantitative estimate of drug-likeness (QED) is 0.726. The summed E-state index contributed by atoms with van der Waals surface area (Å²) in [7, 11) is 0. The van der Waals surface area contributed by atoms with E-state index in [0.717, 1.165) is 31.3 Å². The maximum Gasteiger partial charge on any atom is 0.0650 e. The zero-order chi connectivity index (χ0) is 12.6. The van der Waals surface area contributed by atoms with Gasteiger partial charge in [-0.05, 0) is 61.9 Å². The fourth-order valence-corrected chi connectivity index (χ4v) is 4.03. The van der Waals surface area contributed by atoms with Crippen molar-refractivity contribution >= 4 is 0 Å². The Balaban J connectivity index is 2.18. The van der Waals surface area contributed by atoms with Crippen molar-refractivity contribution in [1.29, 1.82) is 0 Å². The first kappa shape index (κ1) is 13.1. The highest BCUT2D eigenvalue weighted by Gasteiger charge is 2.46. The molecule has 0 amide bonds. The van der Waals surface area contributed by atoms with Crippen molar-refractivity contribution in [3.63, 3.8) is 0 Å². The van der Waals surface area contributed by atoms with E-state index in [0.29, 0.717) is 23.7 Å². The molecule has 98 valence electrons. The average molecular weight is 238 g/mol. The van der Waals surface area contributed by atoms with E-state index in [9.17, 15) is 10.2 Å². The number of aliphatic hydroxyl groups is 2. The first-order valence-electron chi connectivity index (χ1n) is 6.96. The number of hydrogen-bond acceptors (Lipinski definition) is 2. The summed E-state index contributed by atoms with van der Waals surface area (Å²) in [5.41, 5.74) is 0.445. The molecule has 0 bridgehead atoms. The molecule has 2 aliphatic carbocycles. The molecule has 2 nitrogen and oxygen atoms in total. The summed E-state index contributed by atoms with van der Waals surface area (Å²) in [6.45, 7) is 8.41. The van der Waals surface area contributed by atoms with Crippen LogP contribution in [-0.4, -0.2) is 22.4 Å². The zero-order valence-electron chi connectivity index (χ0n) is 11.2. The van der Waals surface area contributed by atoms with E-state index in [2.05, 4.69) is 13.5 Å². The highest BCUT2D eigenvalue weighted by atomic mass is 16.3. The number of fused-ring (bicyclic) bond motifs is 1. The third-order valence-corrected chi connectivity index (χ3v) is 5.32. The summed E-state index contributed by atoms with van der Waals surface area (Å²) >= 11 is 0. The minimum absolute atomic E-state index is 0.0958. The van der Waals surface area contributed by atoms with Gasteiger partial charge in [-0.15, -0.1) is 0 Å². The molecule has 0 saturated heterocycles. The van der Waals surface area contributed by atoms with Gasteiger partial charge in [0.15, 0.2) is 0 Å². The van der Waals surface area contributed by atoms with Gasteiger partial charge < -0.3 is 10.2 Å². The molecule has 0 spiro atoms. The second-order valence-corrected chi connectivity index (χ2v) is 6.47. The van der Waals surface area contributed by atoms with Crippen molar-refractivity contribution < 1.29 is 10.2 Å². The van der Waals surface area contributed by atoms with Gasteiger partial charge in [0, 0.05) is 0 Å². The monoisotopic (exact) mass is 238 g/mol. The van der Waals surface area contributed by atoms with E-state index in [1.807, 2.05) is 6.92 Å². The molecule has 0 aromatic rings. The minimum Gasteiger partial charge on any atom is -0.392 e. The summed E-state index contributed by atoms with van der Waals surface area (Å²) in [6, 6.07) is 0. The van der Waals surface area contributed by atoms with Crippen LogP contribution in [0, 0.1) is 23.7 Å². The largest absolute Gasteiger partial charge is 0.392 e. The van der Waals surface area contributed by atoms with Crippen molar-refractivity contribution in [2.24, 2.45) is 23.7 Å². The van der Waals surface area contributed by atoms with Crippen LogP contribution in [0.2, 0.25) is 0 Å². The van der Waals surface area contributed by atoms with Crippen molar-refractivity contribution in [3.8, 4) is 0 Å². The van der Waals surface area contributed by atoms with Crippen LogP contribution >= 0.6 is 0 Å². The number of aliphatic hydroxyl groups excluding tert-OH is 1. The summed E-state index contributed by atoms with van der Waals surface area (Å²) < 4.78 is 0. The van der Waals surface area contributed by atoms with E-state index in [-0.39, 0.29) is 6.61 Å². The topological polar surface area (TPSA) is 40.5 Å². The van der Waals surface area contributed by atoms with Gasteiger partial charge in [0.05, 0.1) is 12.2 Å². The standard InChI is InChI=1S/C15H26O2/c1-10-4-5-14-13(10)8-12(11(2)9-16)6-7-15(14,3)17/h10,12-14,16-17H,2,4-9H2,1,3H3/t10-,12+,13-,14+,15-/m1/s1. The first-order valence-corrected chi connectivity index (χ1v) is 6.96. The highest BCUT2D eigenvalue weighted by Crippen LogP contribution is 2.50. The van der Waals surface area contributed by atoms with E-state index in [4.69, 9.17) is 0 Å². The molecule has 0 aromatic heterocycles. The van der Waals surface area contributed by atoms with Gasteiger partial charge in [-0.3, -0.25) is 0 Å². The maximum atomic E-state index is 10.6. The Morgan fingerprint density at radius 1 is 1.35 bits per heavy atom. The molecule has 0 radical (unpaired) electrons. The molecule has 0 aromatic carbocycles. The molecular weight excluding hydrogens is 212 g/mol. The van der Waals surface area contributed by atoms with Crippen molar-refractivity contribution in [1.82, 2.24) is 0 Å². The predicted octanol–water partition coefficient (Wildman–Crippen LogP) is 2.75. The van der Waals surface area contributed by atoms with Gasteiger partial charge in [0.2, 0.25) is 0 Å². The van der Waals surface area contributed by atoms with Crippen molar-refractivity contribution in [2.45, 2.75) is 51.6 Å². The van der Waals surface area contributed by atoms with E-state index in [1.165, 1.54) is 6.42 Å². The third-order valence-electron chi connectivity index (χ3n) is 5.32. The summed E-state index contributed by atoms with van der Waals surface area (Å²) in [6.07, 6.45) is 5.35. The van der Waals surface area contributed by atoms with Crippen LogP contribution in [-0.2, 0) is 0 Å². The molecule has 0 aliphatic heterocycles. The lowest BCUT2D eigenvalue weighted by Gasteiger charge is -2.33.